The Morgan fingerprint density at radius 1 is 1.27 bits per heavy atom. The van der Waals surface area contributed by atoms with Gasteiger partial charge in [-0.2, -0.15) is 0 Å². The molecule has 1 atom stereocenters. The van der Waals surface area contributed by atoms with Crippen LogP contribution >= 0.6 is 11.3 Å². The van der Waals surface area contributed by atoms with Crippen molar-refractivity contribution in [3.05, 3.63) is 69.8 Å². The largest absolute Gasteiger partial charge is 0.464 e. The number of nitrogens with zero attached hydrogens (tertiary/aromatic N) is 2. The van der Waals surface area contributed by atoms with Gasteiger partial charge in [0.2, 0.25) is 10.0 Å². The van der Waals surface area contributed by atoms with E-state index in [1.165, 1.54) is 23.5 Å². The van der Waals surface area contributed by atoms with Crippen LogP contribution in [-0.2, 0) is 16.6 Å². The molecule has 0 fully saturated rings. The summed E-state index contributed by atoms with van der Waals surface area (Å²) >= 11 is 1.40. The Balaban J connectivity index is 1.57. The van der Waals surface area contributed by atoms with Gasteiger partial charge in [-0.15, -0.1) is 11.3 Å². The molecule has 3 heterocycles. The van der Waals surface area contributed by atoms with E-state index in [0.717, 1.165) is 11.1 Å². The topological polar surface area (TPSA) is 122 Å². The number of rotatable bonds is 6. The van der Waals surface area contributed by atoms with Crippen LogP contribution in [0.5, 0.6) is 0 Å². The van der Waals surface area contributed by atoms with Gasteiger partial charge in [0, 0.05) is 17.0 Å². The highest BCUT2D eigenvalue weighted by atomic mass is 32.2. The number of benzene rings is 1. The van der Waals surface area contributed by atoms with Crippen molar-refractivity contribution in [1.82, 2.24) is 14.9 Å². The van der Waals surface area contributed by atoms with E-state index >= 15 is 0 Å². The average molecular weight is 445 g/mol. The summed E-state index contributed by atoms with van der Waals surface area (Å²) in [6.45, 7) is 2.40. The molecule has 1 aromatic carbocycles. The third-order valence-corrected chi connectivity index (χ3v) is 6.83. The average Bonchev–Trinajstić information content (AvgIpc) is 3.36. The Kier molecular flexibility index (Phi) is 5.33. The minimum absolute atomic E-state index is 0.0393. The van der Waals surface area contributed by atoms with Crippen molar-refractivity contribution in [1.29, 1.82) is 0 Å². The van der Waals surface area contributed by atoms with Crippen molar-refractivity contribution in [3.63, 3.8) is 0 Å². The van der Waals surface area contributed by atoms with E-state index in [4.69, 9.17) is 9.56 Å². The van der Waals surface area contributed by atoms with Crippen LogP contribution in [-0.4, -0.2) is 30.3 Å². The van der Waals surface area contributed by atoms with Crippen molar-refractivity contribution in [2.45, 2.75) is 24.4 Å². The van der Waals surface area contributed by atoms with Crippen molar-refractivity contribution in [2.24, 2.45) is 5.14 Å². The maximum atomic E-state index is 12.7. The molecule has 4 aromatic rings. The fourth-order valence-corrected chi connectivity index (χ4v) is 4.71. The van der Waals surface area contributed by atoms with Crippen LogP contribution in [0.4, 0.5) is 0 Å². The second kappa shape index (κ2) is 7.80. The fourth-order valence-electron chi connectivity index (χ4n) is 3.25. The third kappa shape index (κ3) is 3.94. The molecule has 8 nitrogen and oxygen atoms in total. The van der Waals surface area contributed by atoms with Gasteiger partial charge in [-0.25, -0.2) is 18.5 Å². The first-order chi connectivity index (χ1) is 14.2. The predicted molar refractivity (Wildman–Crippen MR) is 116 cm³/mol. The van der Waals surface area contributed by atoms with E-state index in [-0.39, 0.29) is 16.5 Å². The second-order valence-corrected chi connectivity index (χ2v) is 9.44. The first-order valence-electron chi connectivity index (χ1n) is 9.11. The molecular weight excluding hydrogens is 424 g/mol. The molecule has 0 aliphatic heterocycles. The molecule has 0 aliphatic rings. The van der Waals surface area contributed by atoms with Gasteiger partial charge >= 0.3 is 0 Å². The molecule has 1 unspecified atom stereocenters. The lowest BCUT2D eigenvalue weighted by molar-refractivity contribution is 0.247. The molecule has 0 aliphatic carbocycles. The monoisotopic (exact) mass is 444 g/mol. The number of fused-ring (bicyclic) bond motifs is 1. The van der Waals surface area contributed by atoms with Gasteiger partial charge in [0.25, 0.3) is 5.56 Å². The van der Waals surface area contributed by atoms with Crippen LogP contribution in [0, 0.1) is 0 Å². The molecule has 0 saturated carbocycles. The number of hydrogen-bond acceptors (Lipinski definition) is 7. The number of furan rings is 1. The van der Waals surface area contributed by atoms with Crippen LogP contribution < -0.4 is 10.7 Å². The van der Waals surface area contributed by atoms with Gasteiger partial charge in [0.15, 0.2) is 0 Å². The summed E-state index contributed by atoms with van der Waals surface area (Å²) in [6.07, 6.45) is 1.57. The molecular formula is C20H20N4O4S2. The molecule has 0 saturated heterocycles. The van der Waals surface area contributed by atoms with E-state index < -0.39 is 10.0 Å². The molecule has 3 aromatic heterocycles. The summed E-state index contributed by atoms with van der Waals surface area (Å²) in [4.78, 5) is 22.9. The zero-order chi connectivity index (χ0) is 21.5. The number of sulfonamides is 1. The van der Waals surface area contributed by atoms with Gasteiger partial charge in [-0.1, -0.05) is 12.1 Å². The summed E-state index contributed by atoms with van der Waals surface area (Å²) in [5.41, 5.74) is 1.45. The smallest absolute Gasteiger partial charge is 0.260 e. The van der Waals surface area contributed by atoms with Crippen LogP contribution in [0.25, 0.3) is 21.5 Å². The van der Waals surface area contributed by atoms with E-state index in [1.807, 2.05) is 30.3 Å². The fraction of sp³-hybridized carbons (Fsp3) is 0.200. The van der Waals surface area contributed by atoms with Crippen LogP contribution in [0.1, 0.15) is 24.4 Å². The SMILES string of the molecule is CC(c1ccc(S(N)(=O)=O)cc1)N(C)Cc1nc2scc(-c3ccco3)c2c(=O)[nH]1. The van der Waals surface area contributed by atoms with E-state index in [1.54, 1.807) is 24.5 Å². The molecule has 0 radical (unpaired) electrons. The molecule has 0 amide bonds. The van der Waals surface area contributed by atoms with Gasteiger partial charge in [-0.05, 0) is 43.8 Å². The number of aromatic amines is 1. The molecule has 0 spiro atoms. The summed E-state index contributed by atoms with van der Waals surface area (Å²) in [5, 5.41) is 7.54. The molecule has 0 bridgehead atoms. The molecule has 3 N–H and O–H groups in total. The number of primary sulfonamides is 1. The number of hydrogen-bond donors (Lipinski definition) is 2. The molecule has 156 valence electrons. The Labute approximate surface area is 177 Å². The predicted octanol–water partition coefficient (Wildman–Crippen LogP) is 3.09. The van der Waals surface area contributed by atoms with Crippen molar-refractivity contribution < 1.29 is 12.8 Å². The number of aromatic nitrogens is 2. The summed E-state index contributed by atoms with van der Waals surface area (Å²) < 4.78 is 28.3. The maximum absolute atomic E-state index is 12.7. The lowest BCUT2D eigenvalue weighted by Gasteiger charge is -2.24. The number of nitrogens with two attached hydrogens (primary N) is 1. The van der Waals surface area contributed by atoms with Crippen LogP contribution in [0.15, 0.2) is 62.1 Å². The molecule has 30 heavy (non-hydrogen) atoms. The van der Waals surface area contributed by atoms with Crippen LogP contribution in [0.3, 0.4) is 0 Å². The highest BCUT2D eigenvalue weighted by Gasteiger charge is 2.18. The summed E-state index contributed by atoms with van der Waals surface area (Å²) in [5.74, 6) is 1.19. The van der Waals surface area contributed by atoms with E-state index in [0.29, 0.717) is 28.3 Å². The Morgan fingerprint density at radius 3 is 2.63 bits per heavy atom. The second-order valence-electron chi connectivity index (χ2n) is 7.02. The number of H-pyrrole nitrogens is 1. The van der Waals surface area contributed by atoms with Gasteiger partial charge in [0.1, 0.15) is 16.4 Å². The Bertz CT molecular complexity index is 1340. The first kappa shape index (κ1) is 20.5. The standard InChI is InChI=1S/C20H20N4O4S2/c1-12(13-5-7-14(8-6-13)30(21,26)27)24(2)10-17-22-19(25)18-15(11-29-20(18)23-17)16-4-3-9-28-16/h3-9,11-12H,10H2,1-2H3,(H2,21,26,27)(H,22,23,25). The zero-order valence-corrected chi connectivity index (χ0v) is 18.0. The maximum Gasteiger partial charge on any atom is 0.260 e. The Morgan fingerprint density at radius 2 is 2.00 bits per heavy atom. The third-order valence-electron chi connectivity index (χ3n) is 5.03. The molecule has 10 heteroatoms. The molecule has 4 rings (SSSR count). The van der Waals surface area contributed by atoms with Crippen molar-refractivity contribution in [3.8, 4) is 11.3 Å². The van der Waals surface area contributed by atoms with Crippen molar-refractivity contribution in [2.75, 3.05) is 7.05 Å². The Hall–Kier alpha value is -2.79. The van der Waals surface area contributed by atoms with Gasteiger partial charge in [-0.3, -0.25) is 9.69 Å². The minimum Gasteiger partial charge on any atom is -0.464 e. The van der Waals surface area contributed by atoms with E-state index in [2.05, 4.69) is 9.97 Å². The lowest BCUT2D eigenvalue weighted by Crippen LogP contribution is -2.25. The highest BCUT2D eigenvalue weighted by Crippen LogP contribution is 2.31. The summed E-state index contributed by atoms with van der Waals surface area (Å²) in [6, 6.07) is 9.99. The van der Waals surface area contributed by atoms with Gasteiger partial charge in [0.05, 0.1) is 23.1 Å². The highest BCUT2D eigenvalue weighted by molar-refractivity contribution is 7.89. The number of nitrogens with one attached hydrogen (secondary N) is 1. The minimum atomic E-state index is -3.72. The van der Waals surface area contributed by atoms with E-state index in [9.17, 15) is 13.2 Å². The lowest BCUT2D eigenvalue weighted by atomic mass is 10.1. The zero-order valence-electron chi connectivity index (χ0n) is 16.3. The van der Waals surface area contributed by atoms with Crippen molar-refractivity contribution >= 4 is 31.6 Å². The quantitative estimate of drug-likeness (QED) is 0.471. The van der Waals surface area contributed by atoms with Gasteiger partial charge < -0.3 is 9.40 Å². The normalized spacial score (nSPS) is 13.2. The van der Waals surface area contributed by atoms with Crippen LogP contribution in [0.2, 0.25) is 0 Å². The number of thiophene rings is 1. The summed E-state index contributed by atoms with van der Waals surface area (Å²) in [7, 11) is -1.82. The first-order valence-corrected chi connectivity index (χ1v) is 11.5.